The standard InChI is InChI=1S/C22H37N2/c1-3-4-5-6-7-8-9-10-15-24-17-14-19-11-12-20-13-16-23(2)22(20)21(19)18-24/h14,17-18,20,22H,3-13,15-16H2,1-2H3/q+1/t20-,22+/m0/s1. The normalized spacial score (nSPS) is 23.2. The number of rotatable bonds is 9. The van der Waals surface area contributed by atoms with Crippen LogP contribution in [0, 0.1) is 5.92 Å². The van der Waals surface area contributed by atoms with Gasteiger partial charge in [-0.25, -0.2) is 4.57 Å². The SMILES string of the molecule is CCCCCCCCCC[n+]1ccc2c(c1)[C@H]1[C@@H](CC2)CCN1C. The molecule has 2 heteroatoms. The summed E-state index contributed by atoms with van der Waals surface area (Å²) in [5.41, 5.74) is 3.24. The van der Waals surface area contributed by atoms with Gasteiger partial charge >= 0.3 is 0 Å². The van der Waals surface area contributed by atoms with Gasteiger partial charge in [-0.15, -0.1) is 0 Å². The van der Waals surface area contributed by atoms with E-state index in [0.29, 0.717) is 6.04 Å². The highest BCUT2D eigenvalue weighted by Crippen LogP contribution is 2.43. The maximum atomic E-state index is 2.59. The largest absolute Gasteiger partial charge is 0.299 e. The Morgan fingerprint density at radius 1 is 1.04 bits per heavy atom. The highest BCUT2D eigenvalue weighted by atomic mass is 15.2. The molecule has 1 aliphatic heterocycles. The van der Waals surface area contributed by atoms with Crippen molar-refractivity contribution >= 4 is 0 Å². The van der Waals surface area contributed by atoms with Crippen LogP contribution < -0.4 is 4.57 Å². The molecule has 3 rings (SSSR count). The van der Waals surface area contributed by atoms with E-state index < -0.39 is 0 Å². The zero-order valence-electron chi connectivity index (χ0n) is 16.0. The molecule has 2 atom stereocenters. The van der Waals surface area contributed by atoms with Crippen molar-refractivity contribution in [2.24, 2.45) is 5.92 Å². The van der Waals surface area contributed by atoms with Crippen LogP contribution in [0.3, 0.4) is 0 Å². The van der Waals surface area contributed by atoms with Gasteiger partial charge in [-0.05, 0) is 50.8 Å². The van der Waals surface area contributed by atoms with Crippen molar-refractivity contribution < 1.29 is 4.57 Å². The Morgan fingerprint density at radius 3 is 2.58 bits per heavy atom. The summed E-state index contributed by atoms with van der Waals surface area (Å²) in [4.78, 5) is 2.59. The molecule has 1 fully saturated rings. The third-order valence-electron chi connectivity index (χ3n) is 6.29. The summed E-state index contributed by atoms with van der Waals surface area (Å²) in [6.07, 6.45) is 20.1. The lowest BCUT2D eigenvalue weighted by Crippen LogP contribution is -2.37. The molecule has 0 spiro atoms. The lowest BCUT2D eigenvalue weighted by atomic mass is 9.81. The second-order valence-electron chi connectivity index (χ2n) is 8.15. The molecule has 0 radical (unpaired) electrons. The Hall–Kier alpha value is -0.890. The van der Waals surface area contributed by atoms with Gasteiger partial charge in [0.25, 0.3) is 0 Å². The van der Waals surface area contributed by atoms with E-state index in [0.717, 1.165) is 5.92 Å². The molecule has 0 saturated carbocycles. The zero-order chi connectivity index (χ0) is 16.8. The zero-order valence-corrected chi connectivity index (χ0v) is 16.0. The molecule has 2 heterocycles. The van der Waals surface area contributed by atoms with Crippen molar-refractivity contribution in [1.29, 1.82) is 0 Å². The Morgan fingerprint density at radius 2 is 1.79 bits per heavy atom. The van der Waals surface area contributed by atoms with Crippen molar-refractivity contribution in [3.8, 4) is 0 Å². The molecule has 0 amide bonds. The molecule has 0 bridgehead atoms. The van der Waals surface area contributed by atoms with Crippen molar-refractivity contribution in [3.05, 3.63) is 29.6 Å². The first-order chi connectivity index (χ1) is 11.8. The molecule has 0 unspecified atom stereocenters. The second-order valence-corrected chi connectivity index (χ2v) is 8.15. The maximum Gasteiger partial charge on any atom is 0.173 e. The van der Waals surface area contributed by atoms with Crippen LogP contribution in [-0.4, -0.2) is 18.5 Å². The van der Waals surface area contributed by atoms with Crippen LogP contribution >= 0.6 is 0 Å². The maximum absolute atomic E-state index is 2.59. The number of hydrogen-bond acceptors (Lipinski definition) is 1. The third kappa shape index (κ3) is 4.39. The minimum absolute atomic E-state index is 0.694. The number of hydrogen-bond donors (Lipinski definition) is 0. The number of pyridine rings is 1. The molecule has 2 nitrogen and oxygen atoms in total. The fourth-order valence-electron chi connectivity index (χ4n) is 4.81. The first kappa shape index (κ1) is 17.9. The topological polar surface area (TPSA) is 7.12 Å². The highest BCUT2D eigenvalue weighted by Gasteiger charge is 2.38. The van der Waals surface area contributed by atoms with Crippen molar-refractivity contribution in [2.45, 2.75) is 90.1 Å². The Balaban J connectivity index is 1.46. The summed E-state index contributed by atoms with van der Waals surface area (Å²) >= 11 is 0. The average molecular weight is 330 g/mol. The Kier molecular flexibility index (Phi) is 6.71. The lowest BCUT2D eigenvalue weighted by molar-refractivity contribution is -0.698. The molecule has 134 valence electrons. The van der Waals surface area contributed by atoms with Gasteiger partial charge in [0.05, 0.1) is 0 Å². The number of nitrogens with zero attached hydrogens (tertiary/aromatic N) is 2. The molecule has 1 saturated heterocycles. The minimum Gasteiger partial charge on any atom is -0.299 e. The monoisotopic (exact) mass is 329 g/mol. The van der Waals surface area contributed by atoms with Gasteiger partial charge in [-0.2, -0.15) is 0 Å². The predicted molar refractivity (Wildman–Crippen MR) is 101 cm³/mol. The number of fused-ring (bicyclic) bond motifs is 3. The number of aromatic nitrogens is 1. The van der Waals surface area contributed by atoms with E-state index in [1.165, 1.54) is 83.7 Å². The smallest absolute Gasteiger partial charge is 0.173 e. The highest BCUT2D eigenvalue weighted by molar-refractivity contribution is 5.29. The lowest BCUT2D eigenvalue weighted by Gasteiger charge is -2.30. The van der Waals surface area contributed by atoms with E-state index in [2.05, 4.69) is 41.9 Å². The van der Waals surface area contributed by atoms with Gasteiger partial charge in [0, 0.05) is 24.1 Å². The molecular weight excluding hydrogens is 292 g/mol. The molecular formula is C22H37N2+. The molecule has 1 aromatic rings. The summed E-state index contributed by atoms with van der Waals surface area (Å²) in [6, 6.07) is 3.10. The van der Waals surface area contributed by atoms with Crippen LogP contribution in [0.4, 0.5) is 0 Å². The van der Waals surface area contributed by atoms with Crippen molar-refractivity contribution in [1.82, 2.24) is 4.90 Å². The summed E-state index contributed by atoms with van der Waals surface area (Å²) in [7, 11) is 2.32. The van der Waals surface area contributed by atoms with Crippen LogP contribution in [0.1, 0.15) is 88.3 Å². The fourth-order valence-corrected chi connectivity index (χ4v) is 4.81. The van der Waals surface area contributed by atoms with E-state index >= 15 is 0 Å². The Bertz CT molecular complexity index is 511. The first-order valence-electron chi connectivity index (χ1n) is 10.5. The molecule has 2 aliphatic rings. The summed E-state index contributed by atoms with van der Waals surface area (Å²) in [5, 5.41) is 0. The van der Waals surface area contributed by atoms with Crippen LogP contribution in [-0.2, 0) is 13.0 Å². The van der Waals surface area contributed by atoms with Gasteiger partial charge in [0.15, 0.2) is 12.4 Å². The fraction of sp³-hybridized carbons (Fsp3) is 0.773. The van der Waals surface area contributed by atoms with E-state index in [9.17, 15) is 0 Å². The van der Waals surface area contributed by atoms with Crippen LogP contribution in [0.5, 0.6) is 0 Å². The molecule has 0 N–H and O–H groups in total. The average Bonchev–Trinajstić information content (AvgIpc) is 2.99. The van der Waals surface area contributed by atoms with Crippen molar-refractivity contribution in [2.75, 3.05) is 13.6 Å². The van der Waals surface area contributed by atoms with E-state index in [1.807, 2.05) is 0 Å². The van der Waals surface area contributed by atoms with Crippen LogP contribution in [0.2, 0.25) is 0 Å². The number of unbranched alkanes of at least 4 members (excludes halogenated alkanes) is 7. The van der Waals surface area contributed by atoms with Crippen molar-refractivity contribution in [3.63, 3.8) is 0 Å². The van der Waals surface area contributed by atoms with Gasteiger partial charge in [0.2, 0.25) is 0 Å². The number of likely N-dealkylation sites (tertiary alicyclic amines) is 1. The number of aryl methyl sites for hydroxylation is 2. The second kappa shape index (κ2) is 8.99. The van der Waals surface area contributed by atoms with E-state index in [-0.39, 0.29) is 0 Å². The quantitative estimate of drug-likeness (QED) is 0.454. The summed E-state index contributed by atoms with van der Waals surface area (Å²) in [6.45, 7) is 4.77. The van der Waals surface area contributed by atoms with E-state index in [4.69, 9.17) is 0 Å². The molecule has 1 aromatic heterocycles. The Labute approximate surface area is 149 Å². The van der Waals surface area contributed by atoms with Crippen LogP contribution in [0.15, 0.2) is 18.5 Å². The minimum atomic E-state index is 0.694. The van der Waals surface area contributed by atoms with Gasteiger partial charge in [-0.1, -0.05) is 45.4 Å². The molecule has 24 heavy (non-hydrogen) atoms. The first-order valence-corrected chi connectivity index (χ1v) is 10.5. The third-order valence-corrected chi connectivity index (χ3v) is 6.29. The van der Waals surface area contributed by atoms with Crippen LogP contribution in [0.25, 0.3) is 0 Å². The summed E-state index contributed by atoms with van der Waals surface area (Å²) < 4.78 is 2.46. The molecule has 1 aliphatic carbocycles. The summed E-state index contributed by atoms with van der Waals surface area (Å²) in [5.74, 6) is 0.904. The van der Waals surface area contributed by atoms with Gasteiger partial charge in [-0.3, -0.25) is 4.90 Å². The molecule has 0 aromatic carbocycles. The van der Waals surface area contributed by atoms with Gasteiger partial charge in [0.1, 0.15) is 6.54 Å². The van der Waals surface area contributed by atoms with Gasteiger partial charge < -0.3 is 0 Å². The predicted octanol–water partition coefficient (Wildman–Crippen LogP) is 5.05. The van der Waals surface area contributed by atoms with E-state index in [1.54, 1.807) is 11.1 Å².